The quantitative estimate of drug-likeness (QED) is 0.617. The number of allylic oxidation sites excluding steroid dienone is 2. The van der Waals surface area contributed by atoms with Gasteiger partial charge in [-0.3, -0.25) is 0 Å². The minimum absolute atomic E-state index is 0.341. The summed E-state index contributed by atoms with van der Waals surface area (Å²) >= 11 is 0. The summed E-state index contributed by atoms with van der Waals surface area (Å²) in [7, 11) is 0. The molecule has 0 aromatic carbocycles. The van der Waals surface area contributed by atoms with Crippen molar-refractivity contribution >= 4 is 0 Å². The molecule has 0 saturated heterocycles. The van der Waals surface area contributed by atoms with Gasteiger partial charge in [-0.25, -0.2) is 0 Å². The van der Waals surface area contributed by atoms with E-state index in [-0.39, 0.29) is 0 Å². The van der Waals surface area contributed by atoms with Gasteiger partial charge >= 0.3 is 0 Å². The zero-order chi connectivity index (χ0) is 8.10. The third-order valence-electron chi connectivity index (χ3n) is 2.40. The van der Waals surface area contributed by atoms with Gasteiger partial charge in [0.05, 0.1) is 0 Å². The normalized spacial score (nSPS) is 20.0. The summed E-state index contributed by atoms with van der Waals surface area (Å²) in [4.78, 5) is 0. The van der Waals surface area contributed by atoms with Crippen LogP contribution in [0.4, 0.5) is 0 Å². The first kappa shape index (κ1) is 8.79. The molecule has 1 atom stereocenters. The summed E-state index contributed by atoms with van der Waals surface area (Å²) in [5, 5.41) is 8.79. The molecule has 0 amide bonds. The van der Waals surface area contributed by atoms with E-state index in [9.17, 15) is 0 Å². The molecule has 1 rings (SSSR count). The molecular weight excluding hydrogens is 136 g/mol. The molecule has 0 heterocycles. The molecule has 1 aliphatic rings. The third kappa shape index (κ3) is 3.06. The van der Waals surface area contributed by atoms with Gasteiger partial charge in [0.2, 0.25) is 0 Å². The van der Waals surface area contributed by atoms with Crippen molar-refractivity contribution in [2.24, 2.45) is 5.92 Å². The van der Waals surface area contributed by atoms with Gasteiger partial charge in [-0.05, 0) is 38.0 Å². The SMILES string of the molecule is CC(CO)CCC1=CCCC1. The van der Waals surface area contributed by atoms with Crippen LogP contribution >= 0.6 is 0 Å². The van der Waals surface area contributed by atoms with E-state index in [2.05, 4.69) is 13.0 Å². The lowest BCUT2D eigenvalue weighted by molar-refractivity contribution is 0.230. The third-order valence-corrected chi connectivity index (χ3v) is 2.40. The maximum absolute atomic E-state index is 8.79. The van der Waals surface area contributed by atoms with Crippen molar-refractivity contribution in [3.63, 3.8) is 0 Å². The van der Waals surface area contributed by atoms with Crippen LogP contribution in [0, 0.1) is 5.92 Å². The van der Waals surface area contributed by atoms with E-state index in [1.165, 1.54) is 25.7 Å². The van der Waals surface area contributed by atoms with E-state index < -0.39 is 0 Å². The standard InChI is InChI=1S/C10H18O/c1-9(8-11)6-7-10-4-2-3-5-10/h4,9,11H,2-3,5-8H2,1H3. The Labute approximate surface area is 69.1 Å². The highest BCUT2D eigenvalue weighted by molar-refractivity contribution is 5.07. The zero-order valence-electron chi connectivity index (χ0n) is 7.34. The number of rotatable bonds is 4. The van der Waals surface area contributed by atoms with E-state index in [0.29, 0.717) is 12.5 Å². The second kappa shape index (κ2) is 4.55. The van der Waals surface area contributed by atoms with Crippen molar-refractivity contribution in [1.29, 1.82) is 0 Å². The van der Waals surface area contributed by atoms with E-state index in [0.717, 1.165) is 6.42 Å². The molecule has 0 spiro atoms. The molecule has 1 unspecified atom stereocenters. The molecule has 1 heteroatoms. The summed E-state index contributed by atoms with van der Waals surface area (Å²) in [5.74, 6) is 0.483. The molecule has 1 N–H and O–H groups in total. The van der Waals surface area contributed by atoms with Gasteiger partial charge < -0.3 is 5.11 Å². The van der Waals surface area contributed by atoms with Crippen molar-refractivity contribution in [3.8, 4) is 0 Å². The minimum Gasteiger partial charge on any atom is -0.396 e. The van der Waals surface area contributed by atoms with Crippen molar-refractivity contribution in [3.05, 3.63) is 11.6 Å². The minimum atomic E-state index is 0.341. The lowest BCUT2D eigenvalue weighted by Gasteiger charge is -2.07. The first-order chi connectivity index (χ1) is 5.33. The average Bonchev–Trinajstić information content (AvgIpc) is 2.52. The molecule has 0 aromatic heterocycles. The summed E-state index contributed by atoms with van der Waals surface area (Å²) in [5.41, 5.74) is 1.62. The topological polar surface area (TPSA) is 20.2 Å². The van der Waals surface area contributed by atoms with Gasteiger partial charge in [0, 0.05) is 6.61 Å². The highest BCUT2D eigenvalue weighted by atomic mass is 16.3. The zero-order valence-corrected chi connectivity index (χ0v) is 7.34. The molecule has 0 saturated carbocycles. The van der Waals surface area contributed by atoms with Crippen LogP contribution in [0.5, 0.6) is 0 Å². The highest BCUT2D eigenvalue weighted by Crippen LogP contribution is 2.23. The fourth-order valence-corrected chi connectivity index (χ4v) is 1.49. The van der Waals surface area contributed by atoms with Crippen LogP contribution in [0.2, 0.25) is 0 Å². The van der Waals surface area contributed by atoms with E-state index in [1.54, 1.807) is 5.57 Å². The van der Waals surface area contributed by atoms with Gasteiger partial charge in [-0.2, -0.15) is 0 Å². The summed E-state index contributed by atoms with van der Waals surface area (Å²) < 4.78 is 0. The largest absolute Gasteiger partial charge is 0.396 e. The Morgan fingerprint density at radius 3 is 3.00 bits per heavy atom. The van der Waals surface area contributed by atoms with Crippen molar-refractivity contribution in [2.75, 3.05) is 6.61 Å². The van der Waals surface area contributed by atoms with Crippen LogP contribution in [0.3, 0.4) is 0 Å². The highest BCUT2D eigenvalue weighted by Gasteiger charge is 2.06. The number of hydrogen-bond donors (Lipinski definition) is 1. The van der Waals surface area contributed by atoms with Crippen LogP contribution in [-0.4, -0.2) is 11.7 Å². The lowest BCUT2D eigenvalue weighted by atomic mass is 10.0. The molecule has 0 fully saturated rings. The van der Waals surface area contributed by atoms with Crippen LogP contribution in [-0.2, 0) is 0 Å². The van der Waals surface area contributed by atoms with E-state index in [1.807, 2.05) is 0 Å². The molecule has 0 aromatic rings. The number of hydrogen-bond acceptors (Lipinski definition) is 1. The first-order valence-electron chi connectivity index (χ1n) is 4.61. The monoisotopic (exact) mass is 154 g/mol. The Bertz CT molecular complexity index is 138. The summed E-state index contributed by atoms with van der Waals surface area (Å²) in [6.45, 7) is 2.45. The fraction of sp³-hybridized carbons (Fsp3) is 0.800. The maximum Gasteiger partial charge on any atom is 0.0456 e. The predicted octanol–water partition coefficient (Wildman–Crippen LogP) is 2.51. The summed E-state index contributed by atoms with van der Waals surface area (Å²) in [6.07, 6.45) is 8.66. The Morgan fingerprint density at radius 1 is 1.64 bits per heavy atom. The van der Waals surface area contributed by atoms with Crippen molar-refractivity contribution in [1.82, 2.24) is 0 Å². The molecule has 64 valence electrons. The molecular formula is C10H18O. The Kier molecular flexibility index (Phi) is 3.64. The van der Waals surface area contributed by atoms with Crippen LogP contribution < -0.4 is 0 Å². The van der Waals surface area contributed by atoms with Gasteiger partial charge in [-0.15, -0.1) is 0 Å². The fourth-order valence-electron chi connectivity index (χ4n) is 1.49. The lowest BCUT2D eigenvalue weighted by Crippen LogP contribution is -2.00. The van der Waals surface area contributed by atoms with Crippen LogP contribution in [0.15, 0.2) is 11.6 Å². The van der Waals surface area contributed by atoms with Crippen molar-refractivity contribution in [2.45, 2.75) is 39.0 Å². The van der Waals surface area contributed by atoms with Crippen molar-refractivity contribution < 1.29 is 5.11 Å². The Morgan fingerprint density at radius 2 is 2.45 bits per heavy atom. The first-order valence-corrected chi connectivity index (χ1v) is 4.61. The maximum atomic E-state index is 8.79. The molecule has 0 bridgehead atoms. The molecule has 1 nitrogen and oxygen atoms in total. The Hall–Kier alpha value is -0.300. The molecule has 0 radical (unpaired) electrons. The van der Waals surface area contributed by atoms with Gasteiger partial charge in [0.1, 0.15) is 0 Å². The number of aliphatic hydroxyl groups excluding tert-OH is 1. The van der Waals surface area contributed by atoms with Crippen LogP contribution in [0.1, 0.15) is 39.0 Å². The summed E-state index contributed by atoms with van der Waals surface area (Å²) in [6, 6.07) is 0. The van der Waals surface area contributed by atoms with Gasteiger partial charge in [0.15, 0.2) is 0 Å². The molecule has 1 aliphatic carbocycles. The number of aliphatic hydroxyl groups is 1. The average molecular weight is 154 g/mol. The Balaban J connectivity index is 2.11. The second-order valence-electron chi connectivity index (χ2n) is 3.58. The smallest absolute Gasteiger partial charge is 0.0456 e. The van der Waals surface area contributed by atoms with Gasteiger partial charge in [0.25, 0.3) is 0 Å². The predicted molar refractivity (Wildman–Crippen MR) is 47.4 cm³/mol. The van der Waals surface area contributed by atoms with E-state index >= 15 is 0 Å². The molecule has 0 aliphatic heterocycles. The van der Waals surface area contributed by atoms with E-state index in [4.69, 9.17) is 5.11 Å². The molecule has 11 heavy (non-hydrogen) atoms. The van der Waals surface area contributed by atoms with Crippen LogP contribution in [0.25, 0.3) is 0 Å². The second-order valence-corrected chi connectivity index (χ2v) is 3.58. The van der Waals surface area contributed by atoms with Gasteiger partial charge in [-0.1, -0.05) is 18.6 Å².